The summed E-state index contributed by atoms with van der Waals surface area (Å²) < 4.78 is 0. The highest BCUT2D eigenvalue weighted by molar-refractivity contribution is 5.90. The lowest BCUT2D eigenvalue weighted by atomic mass is 9.99. The molecule has 2 rings (SSSR count). The van der Waals surface area contributed by atoms with Crippen molar-refractivity contribution in [3.05, 3.63) is 76.9 Å². The lowest BCUT2D eigenvalue weighted by Gasteiger charge is -2.16. The summed E-state index contributed by atoms with van der Waals surface area (Å²) in [5.41, 5.74) is 10.0. The number of hydrogen-bond acceptors (Lipinski definition) is 3. The summed E-state index contributed by atoms with van der Waals surface area (Å²) in [6.07, 6.45) is 4.78. The Bertz CT molecular complexity index is 1020. The van der Waals surface area contributed by atoms with Gasteiger partial charge in [-0.1, -0.05) is 43.0 Å². The average Bonchev–Trinajstić information content (AvgIpc) is 2.78. The maximum Gasteiger partial charge on any atom is 0.0909 e. The predicted molar refractivity (Wildman–Crippen MR) is 142 cm³/mol. The first-order chi connectivity index (χ1) is 15.2. The fraction of sp³-hybridized carbons (Fsp3) is 0.357. The van der Waals surface area contributed by atoms with E-state index in [1.165, 1.54) is 16.7 Å². The zero-order valence-electron chi connectivity index (χ0n) is 21.0. The molecular formula is C28H38N4. The number of rotatable bonds is 9. The maximum absolute atomic E-state index is 4.94. The SMILES string of the molecule is C=C(c1ccc(/C(=C/C)N=C(C)Cc2cc(C)c(N=CN(C)CC)cc2C)cc1)N(C)C. The largest absolute Gasteiger partial charge is 0.378 e. The highest BCUT2D eigenvalue weighted by Gasteiger charge is 2.08. The van der Waals surface area contributed by atoms with Crippen LogP contribution in [-0.2, 0) is 6.42 Å². The van der Waals surface area contributed by atoms with E-state index in [0.29, 0.717) is 0 Å². The van der Waals surface area contributed by atoms with Gasteiger partial charge in [0.1, 0.15) is 0 Å². The quantitative estimate of drug-likeness (QED) is 0.335. The van der Waals surface area contributed by atoms with Crippen LogP contribution in [0.25, 0.3) is 11.4 Å². The van der Waals surface area contributed by atoms with Crippen molar-refractivity contribution in [1.29, 1.82) is 0 Å². The van der Waals surface area contributed by atoms with Crippen molar-refractivity contribution in [3.63, 3.8) is 0 Å². The summed E-state index contributed by atoms with van der Waals surface area (Å²) in [6.45, 7) is 15.6. The Balaban J connectivity index is 2.21. The van der Waals surface area contributed by atoms with Crippen molar-refractivity contribution in [1.82, 2.24) is 9.80 Å². The van der Waals surface area contributed by atoms with Crippen molar-refractivity contribution >= 4 is 29.1 Å². The number of aryl methyl sites for hydroxylation is 2. The fourth-order valence-corrected chi connectivity index (χ4v) is 3.34. The van der Waals surface area contributed by atoms with E-state index < -0.39 is 0 Å². The Morgan fingerprint density at radius 2 is 1.62 bits per heavy atom. The summed E-state index contributed by atoms with van der Waals surface area (Å²) >= 11 is 0. The van der Waals surface area contributed by atoms with Gasteiger partial charge >= 0.3 is 0 Å². The molecule has 2 aromatic carbocycles. The van der Waals surface area contributed by atoms with E-state index in [2.05, 4.69) is 86.6 Å². The van der Waals surface area contributed by atoms with Crippen LogP contribution in [0.5, 0.6) is 0 Å². The maximum atomic E-state index is 4.94. The molecule has 0 aliphatic carbocycles. The summed E-state index contributed by atoms with van der Waals surface area (Å²) in [5.74, 6) is 0. The molecule has 0 amide bonds. The normalized spacial score (nSPS) is 12.4. The molecule has 0 bridgehead atoms. The van der Waals surface area contributed by atoms with Crippen molar-refractivity contribution in [3.8, 4) is 0 Å². The molecule has 0 heterocycles. The zero-order chi connectivity index (χ0) is 23.8. The molecule has 4 heteroatoms. The Morgan fingerprint density at radius 1 is 1.00 bits per heavy atom. The number of hydrogen-bond donors (Lipinski definition) is 0. The van der Waals surface area contributed by atoms with Crippen LogP contribution in [0.3, 0.4) is 0 Å². The van der Waals surface area contributed by atoms with Gasteiger partial charge in [0, 0.05) is 45.5 Å². The summed E-state index contributed by atoms with van der Waals surface area (Å²) in [7, 11) is 6.05. The summed E-state index contributed by atoms with van der Waals surface area (Å²) in [5, 5.41) is 0. The Morgan fingerprint density at radius 3 is 2.19 bits per heavy atom. The summed E-state index contributed by atoms with van der Waals surface area (Å²) in [6, 6.07) is 12.9. The molecule has 0 aliphatic heterocycles. The number of allylic oxidation sites excluding steroid dienone is 1. The third-order valence-corrected chi connectivity index (χ3v) is 5.63. The molecule has 0 N–H and O–H groups in total. The molecule has 0 atom stereocenters. The van der Waals surface area contributed by atoms with E-state index in [4.69, 9.17) is 4.99 Å². The van der Waals surface area contributed by atoms with E-state index in [1.807, 2.05) is 39.3 Å². The fourth-order valence-electron chi connectivity index (χ4n) is 3.34. The van der Waals surface area contributed by atoms with E-state index in [0.717, 1.165) is 46.9 Å². The van der Waals surface area contributed by atoms with E-state index in [9.17, 15) is 0 Å². The van der Waals surface area contributed by atoms with Gasteiger partial charge in [-0.15, -0.1) is 0 Å². The molecule has 0 spiro atoms. The van der Waals surface area contributed by atoms with Crippen LogP contribution in [0.1, 0.15) is 48.6 Å². The molecule has 2 aromatic rings. The minimum atomic E-state index is 0.818. The first-order valence-corrected chi connectivity index (χ1v) is 11.2. The smallest absolute Gasteiger partial charge is 0.0909 e. The van der Waals surface area contributed by atoms with Crippen molar-refractivity contribution in [2.75, 3.05) is 27.7 Å². The Kier molecular flexibility index (Phi) is 9.01. The molecule has 170 valence electrons. The molecule has 0 aliphatic rings. The van der Waals surface area contributed by atoms with Crippen LogP contribution in [-0.4, -0.2) is 49.5 Å². The van der Waals surface area contributed by atoms with E-state index in [1.54, 1.807) is 0 Å². The first-order valence-electron chi connectivity index (χ1n) is 11.2. The van der Waals surface area contributed by atoms with Crippen LogP contribution in [0.2, 0.25) is 0 Å². The highest BCUT2D eigenvalue weighted by Crippen LogP contribution is 2.25. The number of nitrogens with zero attached hydrogens (tertiary/aromatic N) is 4. The second-order valence-corrected chi connectivity index (χ2v) is 8.50. The van der Waals surface area contributed by atoms with Gasteiger partial charge in [0.2, 0.25) is 0 Å². The van der Waals surface area contributed by atoms with Gasteiger partial charge in [0.25, 0.3) is 0 Å². The molecule has 0 saturated heterocycles. The van der Waals surface area contributed by atoms with Crippen molar-refractivity contribution < 1.29 is 0 Å². The number of benzene rings is 2. The second kappa shape index (κ2) is 11.5. The van der Waals surface area contributed by atoms with Crippen molar-refractivity contribution in [2.24, 2.45) is 9.98 Å². The van der Waals surface area contributed by atoms with Gasteiger partial charge in [-0.25, -0.2) is 4.99 Å². The van der Waals surface area contributed by atoms with Crippen molar-refractivity contribution in [2.45, 2.75) is 41.0 Å². The standard InChI is InChI=1S/C28H38N4/c1-10-27(25-14-12-24(13-15-25)23(6)31(7)8)30-22(5)18-26-16-21(4)28(17-20(26)3)29-19-32(9)11-2/h10,12-17,19H,6,11,18H2,1-5,7-9H3/b27-10-,29-19?,30-22?. The minimum absolute atomic E-state index is 0.818. The highest BCUT2D eigenvalue weighted by atomic mass is 15.1. The molecule has 0 fully saturated rings. The van der Waals surface area contributed by atoms with Gasteiger partial charge in [0.05, 0.1) is 17.7 Å². The third-order valence-electron chi connectivity index (χ3n) is 5.63. The zero-order valence-corrected chi connectivity index (χ0v) is 21.0. The first kappa shape index (κ1) is 25.1. The van der Waals surface area contributed by atoms with Gasteiger partial charge in [0.15, 0.2) is 0 Å². The third kappa shape index (κ3) is 6.68. The molecule has 32 heavy (non-hydrogen) atoms. The van der Waals surface area contributed by atoms with Gasteiger partial charge in [-0.05, 0) is 68.5 Å². The lowest BCUT2D eigenvalue weighted by molar-refractivity contribution is 0.552. The lowest BCUT2D eigenvalue weighted by Crippen LogP contribution is -2.14. The van der Waals surface area contributed by atoms with Gasteiger partial charge < -0.3 is 9.80 Å². The Labute approximate surface area is 194 Å². The molecule has 0 aromatic heterocycles. The molecular weight excluding hydrogens is 392 g/mol. The monoisotopic (exact) mass is 430 g/mol. The molecule has 0 saturated carbocycles. The predicted octanol–water partition coefficient (Wildman–Crippen LogP) is 6.51. The average molecular weight is 431 g/mol. The molecule has 0 unspecified atom stereocenters. The minimum Gasteiger partial charge on any atom is -0.378 e. The van der Waals surface area contributed by atoms with Gasteiger partial charge in [-0.3, -0.25) is 4.99 Å². The number of aliphatic imine (C=N–C) groups is 2. The van der Waals surface area contributed by atoms with Gasteiger partial charge in [-0.2, -0.15) is 0 Å². The molecule has 0 radical (unpaired) electrons. The van der Waals surface area contributed by atoms with E-state index in [-0.39, 0.29) is 0 Å². The van der Waals surface area contributed by atoms with Crippen LogP contribution in [0, 0.1) is 13.8 Å². The topological polar surface area (TPSA) is 31.2 Å². The van der Waals surface area contributed by atoms with Crippen LogP contribution < -0.4 is 0 Å². The van der Waals surface area contributed by atoms with Crippen LogP contribution in [0.4, 0.5) is 5.69 Å². The molecule has 4 nitrogen and oxygen atoms in total. The van der Waals surface area contributed by atoms with Crippen LogP contribution in [0.15, 0.2) is 59.0 Å². The Hall–Kier alpha value is -3.14. The summed E-state index contributed by atoms with van der Waals surface area (Å²) in [4.78, 5) is 13.7. The van der Waals surface area contributed by atoms with E-state index >= 15 is 0 Å². The second-order valence-electron chi connectivity index (χ2n) is 8.50. The van der Waals surface area contributed by atoms with Crippen LogP contribution >= 0.6 is 0 Å².